The predicted octanol–water partition coefficient (Wildman–Crippen LogP) is 4.62. The fourth-order valence-corrected chi connectivity index (χ4v) is 2.54. The number of hydrogen-bond acceptors (Lipinski definition) is 2. The molecule has 1 atom stereocenters. The molecule has 0 amide bonds. The van der Waals surface area contributed by atoms with Gasteiger partial charge in [-0.25, -0.2) is 4.39 Å². The van der Waals surface area contributed by atoms with Crippen molar-refractivity contribution in [2.45, 2.75) is 13.0 Å². The number of para-hydroxylation sites is 1. The van der Waals surface area contributed by atoms with E-state index in [2.05, 4.69) is 0 Å². The minimum Gasteiger partial charge on any atom is -0.458 e. The third kappa shape index (κ3) is 2.09. The van der Waals surface area contributed by atoms with Crippen LogP contribution in [0.4, 0.5) is 4.39 Å². The Balaban J connectivity index is 2.13. The lowest BCUT2D eigenvalue weighted by Gasteiger charge is -2.10. The molecule has 3 aromatic rings. The molecule has 1 unspecified atom stereocenters. The van der Waals surface area contributed by atoms with E-state index in [0.29, 0.717) is 5.58 Å². The summed E-state index contributed by atoms with van der Waals surface area (Å²) in [5, 5.41) is 11.4. The molecule has 4 heteroatoms. The number of aliphatic hydroxyl groups is 1. The second-order valence-corrected chi connectivity index (χ2v) is 5.09. The number of aliphatic hydroxyl groups excluding tert-OH is 1. The Kier molecular flexibility index (Phi) is 3.24. The normalized spacial score (nSPS) is 12.8. The molecule has 2 aromatic carbocycles. The largest absolute Gasteiger partial charge is 0.458 e. The first-order valence-corrected chi connectivity index (χ1v) is 6.57. The summed E-state index contributed by atoms with van der Waals surface area (Å²) in [4.78, 5) is 0. The molecule has 0 aliphatic carbocycles. The van der Waals surface area contributed by atoms with E-state index in [9.17, 15) is 9.50 Å². The van der Waals surface area contributed by atoms with Crippen molar-refractivity contribution in [3.8, 4) is 0 Å². The van der Waals surface area contributed by atoms with Crippen molar-refractivity contribution < 1.29 is 13.9 Å². The van der Waals surface area contributed by atoms with Gasteiger partial charge >= 0.3 is 0 Å². The molecule has 0 aliphatic heterocycles. The zero-order valence-electron chi connectivity index (χ0n) is 10.7. The number of rotatable bonds is 2. The lowest BCUT2D eigenvalue weighted by molar-refractivity contribution is 0.187. The van der Waals surface area contributed by atoms with Gasteiger partial charge in [0.1, 0.15) is 23.3 Å². The van der Waals surface area contributed by atoms with Gasteiger partial charge in [-0.05, 0) is 30.7 Å². The van der Waals surface area contributed by atoms with E-state index < -0.39 is 11.9 Å². The molecule has 102 valence electrons. The Morgan fingerprint density at radius 3 is 2.65 bits per heavy atom. The van der Waals surface area contributed by atoms with Crippen LogP contribution in [0.25, 0.3) is 11.0 Å². The molecule has 0 aliphatic rings. The zero-order valence-corrected chi connectivity index (χ0v) is 11.5. The Morgan fingerprint density at radius 2 is 1.95 bits per heavy atom. The lowest BCUT2D eigenvalue weighted by atomic mass is 10.1. The molecular weight excluding hydrogens is 279 g/mol. The molecule has 3 rings (SSSR count). The van der Waals surface area contributed by atoms with E-state index in [0.717, 1.165) is 10.9 Å². The zero-order chi connectivity index (χ0) is 14.3. The number of halogens is 2. The highest BCUT2D eigenvalue weighted by molar-refractivity contribution is 6.31. The maximum absolute atomic E-state index is 13.8. The molecule has 0 bridgehead atoms. The maximum Gasteiger partial charge on any atom is 0.141 e. The van der Waals surface area contributed by atoms with Crippen LogP contribution >= 0.6 is 11.6 Å². The summed E-state index contributed by atoms with van der Waals surface area (Å²) < 4.78 is 19.5. The number of fused-ring (bicyclic) bond motifs is 1. The molecular formula is C16H12ClFO2. The van der Waals surface area contributed by atoms with E-state index in [4.69, 9.17) is 16.0 Å². The van der Waals surface area contributed by atoms with Gasteiger partial charge in [0.25, 0.3) is 0 Å². The summed E-state index contributed by atoms with van der Waals surface area (Å²) in [7, 11) is 0. The molecule has 0 spiro atoms. The second-order valence-electron chi connectivity index (χ2n) is 4.68. The van der Waals surface area contributed by atoms with Crippen LogP contribution in [0.3, 0.4) is 0 Å². The average Bonchev–Trinajstić information content (AvgIpc) is 2.84. The summed E-state index contributed by atoms with van der Waals surface area (Å²) in [5.41, 5.74) is 1.68. The average molecular weight is 291 g/mol. The van der Waals surface area contributed by atoms with Crippen LogP contribution in [0.5, 0.6) is 0 Å². The molecule has 1 N–H and O–H groups in total. The third-order valence-electron chi connectivity index (χ3n) is 3.30. The first kappa shape index (κ1) is 13.2. The Bertz CT molecular complexity index is 759. The molecule has 1 heterocycles. The van der Waals surface area contributed by atoms with Crippen molar-refractivity contribution in [3.05, 3.63) is 70.2 Å². The minimum absolute atomic E-state index is 0.0332. The van der Waals surface area contributed by atoms with Crippen LogP contribution in [0, 0.1) is 12.7 Å². The number of hydrogen-bond donors (Lipinski definition) is 1. The molecule has 0 radical (unpaired) electrons. The molecule has 0 saturated carbocycles. The van der Waals surface area contributed by atoms with Crippen LogP contribution < -0.4 is 0 Å². The van der Waals surface area contributed by atoms with Gasteiger partial charge in [-0.2, -0.15) is 0 Å². The summed E-state index contributed by atoms with van der Waals surface area (Å²) in [6.45, 7) is 1.91. The van der Waals surface area contributed by atoms with Gasteiger partial charge in [0.05, 0.1) is 0 Å². The quantitative estimate of drug-likeness (QED) is 0.747. The van der Waals surface area contributed by atoms with E-state index in [1.807, 2.05) is 25.1 Å². The summed E-state index contributed by atoms with van der Waals surface area (Å²) in [5.74, 6) is -0.275. The maximum atomic E-state index is 13.8. The highest BCUT2D eigenvalue weighted by Crippen LogP contribution is 2.34. The standard InChI is InChI=1S/C16H12ClFO2/c1-9-4-2-5-10-8-13(20-16(9)10)15(19)14-11(17)6-3-7-12(14)18/h2-8,15,19H,1H3. The topological polar surface area (TPSA) is 33.4 Å². The van der Waals surface area contributed by atoms with E-state index in [1.165, 1.54) is 18.2 Å². The van der Waals surface area contributed by atoms with E-state index in [1.54, 1.807) is 6.07 Å². The third-order valence-corrected chi connectivity index (χ3v) is 3.63. The Labute approximate surface area is 120 Å². The van der Waals surface area contributed by atoms with Gasteiger partial charge < -0.3 is 9.52 Å². The van der Waals surface area contributed by atoms with Gasteiger partial charge in [0.2, 0.25) is 0 Å². The van der Waals surface area contributed by atoms with Crippen molar-refractivity contribution in [2.75, 3.05) is 0 Å². The highest BCUT2D eigenvalue weighted by atomic mass is 35.5. The van der Waals surface area contributed by atoms with Crippen molar-refractivity contribution >= 4 is 22.6 Å². The molecule has 0 saturated heterocycles. The van der Waals surface area contributed by atoms with Crippen LogP contribution in [-0.4, -0.2) is 5.11 Å². The first-order valence-electron chi connectivity index (χ1n) is 6.19. The SMILES string of the molecule is Cc1cccc2cc(C(O)c3c(F)cccc3Cl)oc12. The smallest absolute Gasteiger partial charge is 0.141 e. The van der Waals surface area contributed by atoms with Crippen molar-refractivity contribution in [3.63, 3.8) is 0 Å². The number of furan rings is 1. The Morgan fingerprint density at radius 1 is 1.20 bits per heavy atom. The van der Waals surface area contributed by atoms with Gasteiger partial charge in [0, 0.05) is 16.0 Å². The molecule has 0 fully saturated rings. The molecule has 2 nitrogen and oxygen atoms in total. The fourth-order valence-electron chi connectivity index (χ4n) is 2.28. The van der Waals surface area contributed by atoms with Crippen molar-refractivity contribution in [2.24, 2.45) is 0 Å². The van der Waals surface area contributed by atoms with Crippen LogP contribution in [0.15, 0.2) is 46.9 Å². The monoisotopic (exact) mass is 290 g/mol. The van der Waals surface area contributed by atoms with Gasteiger partial charge in [-0.1, -0.05) is 35.9 Å². The lowest BCUT2D eigenvalue weighted by Crippen LogP contribution is -2.02. The second kappa shape index (κ2) is 4.93. The first-order chi connectivity index (χ1) is 9.58. The van der Waals surface area contributed by atoms with E-state index >= 15 is 0 Å². The van der Waals surface area contributed by atoms with E-state index in [-0.39, 0.29) is 16.3 Å². The highest BCUT2D eigenvalue weighted by Gasteiger charge is 2.22. The van der Waals surface area contributed by atoms with Gasteiger partial charge in [-0.3, -0.25) is 0 Å². The van der Waals surface area contributed by atoms with Crippen molar-refractivity contribution in [1.82, 2.24) is 0 Å². The number of aryl methyl sites for hydroxylation is 1. The Hall–Kier alpha value is -1.84. The fraction of sp³-hybridized carbons (Fsp3) is 0.125. The van der Waals surface area contributed by atoms with Gasteiger partial charge in [-0.15, -0.1) is 0 Å². The molecule has 1 aromatic heterocycles. The predicted molar refractivity (Wildman–Crippen MR) is 76.4 cm³/mol. The summed E-state index contributed by atoms with van der Waals surface area (Å²) in [6, 6.07) is 11.7. The molecule has 20 heavy (non-hydrogen) atoms. The number of benzene rings is 2. The summed E-state index contributed by atoms with van der Waals surface area (Å²) in [6.07, 6.45) is -1.23. The van der Waals surface area contributed by atoms with Crippen LogP contribution in [-0.2, 0) is 0 Å². The summed E-state index contributed by atoms with van der Waals surface area (Å²) >= 11 is 5.96. The van der Waals surface area contributed by atoms with Crippen molar-refractivity contribution in [1.29, 1.82) is 0 Å². The van der Waals surface area contributed by atoms with Crippen LogP contribution in [0.2, 0.25) is 5.02 Å². The minimum atomic E-state index is -1.23. The van der Waals surface area contributed by atoms with Gasteiger partial charge in [0.15, 0.2) is 0 Å². The van der Waals surface area contributed by atoms with Crippen LogP contribution in [0.1, 0.15) is 23.0 Å².